The Hall–Kier alpha value is -0.570. The van der Waals surface area contributed by atoms with Crippen LogP contribution in [0.3, 0.4) is 0 Å². The van der Waals surface area contributed by atoms with Gasteiger partial charge in [-0.3, -0.25) is 4.79 Å². The molecule has 3 nitrogen and oxygen atoms in total. The fraction of sp³-hybridized carbons (Fsp3) is 0.909. The molecule has 0 aromatic rings. The molecule has 1 rings (SSSR count). The highest BCUT2D eigenvalue weighted by atomic mass is 16.2. The SMILES string of the molecule is CCC(C)[C@H](N)C(=O)NCC1CCC1. The number of carbonyl (C=O) groups excluding carboxylic acids is 1. The largest absolute Gasteiger partial charge is 0.354 e. The van der Waals surface area contributed by atoms with Gasteiger partial charge in [0.05, 0.1) is 6.04 Å². The molecule has 0 aliphatic heterocycles. The van der Waals surface area contributed by atoms with Gasteiger partial charge >= 0.3 is 0 Å². The third-order valence-electron chi connectivity index (χ3n) is 3.35. The van der Waals surface area contributed by atoms with Crippen molar-refractivity contribution in [2.45, 2.75) is 45.6 Å². The zero-order chi connectivity index (χ0) is 10.6. The fourth-order valence-electron chi connectivity index (χ4n) is 1.57. The predicted molar refractivity (Wildman–Crippen MR) is 57.8 cm³/mol. The van der Waals surface area contributed by atoms with E-state index in [0.29, 0.717) is 5.92 Å². The Morgan fingerprint density at radius 3 is 2.64 bits per heavy atom. The summed E-state index contributed by atoms with van der Waals surface area (Å²) in [4.78, 5) is 11.6. The zero-order valence-corrected chi connectivity index (χ0v) is 9.25. The number of nitrogens with one attached hydrogen (secondary N) is 1. The van der Waals surface area contributed by atoms with Crippen molar-refractivity contribution in [1.82, 2.24) is 5.32 Å². The summed E-state index contributed by atoms with van der Waals surface area (Å²) in [6.45, 7) is 4.90. The summed E-state index contributed by atoms with van der Waals surface area (Å²) in [5, 5.41) is 2.94. The average molecular weight is 198 g/mol. The molecule has 1 saturated carbocycles. The summed E-state index contributed by atoms with van der Waals surface area (Å²) in [7, 11) is 0. The maximum atomic E-state index is 11.6. The number of nitrogens with two attached hydrogens (primary N) is 1. The Kier molecular flexibility index (Phi) is 4.39. The average Bonchev–Trinajstić information content (AvgIpc) is 2.12. The molecule has 1 aliphatic carbocycles. The van der Waals surface area contributed by atoms with Crippen molar-refractivity contribution >= 4 is 5.91 Å². The van der Waals surface area contributed by atoms with Gasteiger partial charge in [-0.05, 0) is 24.7 Å². The van der Waals surface area contributed by atoms with Crippen LogP contribution in [-0.4, -0.2) is 18.5 Å². The molecule has 1 aliphatic rings. The monoisotopic (exact) mass is 198 g/mol. The van der Waals surface area contributed by atoms with Gasteiger partial charge in [-0.25, -0.2) is 0 Å². The second-order valence-corrected chi connectivity index (χ2v) is 4.45. The molecule has 1 amide bonds. The Morgan fingerprint density at radius 2 is 2.21 bits per heavy atom. The van der Waals surface area contributed by atoms with E-state index >= 15 is 0 Å². The van der Waals surface area contributed by atoms with Crippen molar-refractivity contribution in [2.75, 3.05) is 6.54 Å². The normalized spacial score (nSPS) is 21.1. The molecule has 82 valence electrons. The minimum Gasteiger partial charge on any atom is -0.354 e. The van der Waals surface area contributed by atoms with E-state index in [9.17, 15) is 4.79 Å². The summed E-state index contributed by atoms with van der Waals surface area (Å²) in [5.41, 5.74) is 5.80. The summed E-state index contributed by atoms with van der Waals surface area (Å²) < 4.78 is 0. The van der Waals surface area contributed by atoms with Crippen LogP contribution >= 0.6 is 0 Å². The molecule has 0 heterocycles. The number of amides is 1. The van der Waals surface area contributed by atoms with Gasteiger partial charge in [0, 0.05) is 6.54 Å². The fourth-order valence-corrected chi connectivity index (χ4v) is 1.57. The van der Waals surface area contributed by atoms with Crippen LogP contribution in [0.15, 0.2) is 0 Å². The summed E-state index contributed by atoms with van der Waals surface area (Å²) in [6, 6.07) is -0.333. The van der Waals surface area contributed by atoms with Crippen molar-refractivity contribution < 1.29 is 4.79 Å². The van der Waals surface area contributed by atoms with Gasteiger partial charge in [0.2, 0.25) is 5.91 Å². The lowest BCUT2D eigenvalue weighted by Crippen LogP contribution is -2.46. The lowest BCUT2D eigenvalue weighted by molar-refractivity contribution is -0.123. The van der Waals surface area contributed by atoms with Crippen LogP contribution in [0.1, 0.15) is 39.5 Å². The predicted octanol–water partition coefficient (Wildman–Crippen LogP) is 1.28. The van der Waals surface area contributed by atoms with Crippen LogP contribution in [0.5, 0.6) is 0 Å². The second kappa shape index (κ2) is 5.35. The summed E-state index contributed by atoms with van der Waals surface area (Å²) >= 11 is 0. The van der Waals surface area contributed by atoms with Gasteiger partial charge in [-0.1, -0.05) is 26.7 Å². The first-order valence-corrected chi connectivity index (χ1v) is 5.68. The molecular formula is C11H22N2O. The van der Waals surface area contributed by atoms with E-state index in [1.54, 1.807) is 0 Å². The van der Waals surface area contributed by atoms with Crippen molar-refractivity contribution in [2.24, 2.45) is 17.6 Å². The maximum absolute atomic E-state index is 11.6. The first-order valence-electron chi connectivity index (χ1n) is 5.68. The van der Waals surface area contributed by atoms with E-state index in [4.69, 9.17) is 5.73 Å². The van der Waals surface area contributed by atoms with E-state index in [2.05, 4.69) is 12.2 Å². The molecular weight excluding hydrogens is 176 g/mol. The maximum Gasteiger partial charge on any atom is 0.237 e. The Labute approximate surface area is 86.4 Å². The van der Waals surface area contributed by atoms with Gasteiger partial charge in [-0.2, -0.15) is 0 Å². The van der Waals surface area contributed by atoms with E-state index in [0.717, 1.165) is 13.0 Å². The van der Waals surface area contributed by atoms with Gasteiger partial charge in [0.1, 0.15) is 0 Å². The Morgan fingerprint density at radius 1 is 1.57 bits per heavy atom. The third-order valence-corrected chi connectivity index (χ3v) is 3.35. The van der Waals surface area contributed by atoms with Gasteiger partial charge in [0.25, 0.3) is 0 Å². The Balaban J connectivity index is 2.18. The van der Waals surface area contributed by atoms with E-state index in [1.807, 2.05) is 6.92 Å². The minimum atomic E-state index is -0.333. The lowest BCUT2D eigenvalue weighted by Gasteiger charge is -2.26. The minimum absolute atomic E-state index is 0.0197. The molecule has 3 heteroatoms. The summed E-state index contributed by atoms with van der Waals surface area (Å²) in [5.74, 6) is 1.01. The second-order valence-electron chi connectivity index (χ2n) is 4.45. The van der Waals surface area contributed by atoms with Crippen molar-refractivity contribution in [3.63, 3.8) is 0 Å². The van der Waals surface area contributed by atoms with Crippen molar-refractivity contribution in [3.8, 4) is 0 Å². The number of rotatable bonds is 5. The van der Waals surface area contributed by atoms with Crippen LogP contribution in [0, 0.1) is 11.8 Å². The zero-order valence-electron chi connectivity index (χ0n) is 9.25. The third kappa shape index (κ3) is 2.98. The quantitative estimate of drug-likeness (QED) is 0.699. The summed E-state index contributed by atoms with van der Waals surface area (Å²) in [6.07, 6.45) is 4.80. The topological polar surface area (TPSA) is 55.1 Å². The Bertz CT molecular complexity index is 190. The lowest BCUT2D eigenvalue weighted by atomic mass is 9.85. The van der Waals surface area contributed by atoms with Crippen LogP contribution in [0.2, 0.25) is 0 Å². The van der Waals surface area contributed by atoms with Crippen LogP contribution in [0.25, 0.3) is 0 Å². The van der Waals surface area contributed by atoms with Crippen LogP contribution in [-0.2, 0) is 4.79 Å². The van der Waals surface area contributed by atoms with E-state index < -0.39 is 0 Å². The molecule has 0 radical (unpaired) electrons. The highest BCUT2D eigenvalue weighted by Gasteiger charge is 2.22. The molecule has 0 saturated heterocycles. The first-order chi connectivity index (χ1) is 6.65. The molecule has 0 aromatic heterocycles. The molecule has 0 spiro atoms. The van der Waals surface area contributed by atoms with Crippen molar-refractivity contribution in [3.05, 3.63) is 0 Å². The van der Waals surface area contributed by atoms with Gasteiger partial charge in [-0.15, -0.1) is 0 Å². The highest BCUT2D eigenvalue weighted by Crippen LogP contribution is 2.25. The number of carbonyl (C=O) groups is 1. The number of hydrogen-bond acceptors (Lipinski definition) is 2. The molecule has 0 aromatic carbocycles. The van der Waals surface area contributed by atoms with Crippen molar-refractivity contribution in [1.29, 1.82) is 0 Å². The number of hydrogen-bond donors (Lipinski definition) is 2. The first kappa shape index (κ1) is 11.5. The molecule has 1 fully saturated rings. The van der Waals surface area contributed by atoms with Gasteiger partial charge < -0.3 is 11.1 Å². The van der Waals surface area contributed by atoms with E-state index in [-0.39, 0.29) is 17.9 Å². The van der Waals surface area contributed by atoms with E-state index in [1.165, 1.54) is 19.3 Å². The molecule has 1 unspecified atom stereocenters. The van der Waals surface area contributed by atoms with Crippen LogP contribution in [0.4, 0.5) is 0 Å². The van der Waals surface area contributed by atoms with Crippen LogP contribution < -0.4 is 11.1 Å². The highest BCUT2D eigenvalue weighted by molar-refractivity contribution is 5.81. The molecule has 3 N–H and O–H groups in total. The molecule has 0 bridgehead atoms. The smallest absolute Gasteiger partial charge is 0.237 e. The van der Waals surface area contributed by atoms with Gasteiger partial charge in [0.15, 0.2) is 0 Å². The standard InChI is InChI=1S/C11H22N2O/c1-3-8(2)10(12)11(14)13-7-9-5-4-6-9/h8-10H,3-7,12H2,1-2H3,(H,13,14)/t8?,10-/m0/s1. The molecule has 2 atom stereocenters. The molecule has 14 heavy (non-hydrogen) atoms.